The summed E-state index contributed by atoms with van der Waals surface area (Å²) in [6.45, 7) is 3.13. The van der Waals surface area contributed by atoms with Crippen molar-refractivity contribution in [2.75, 3.05) is 32.8 Å². The highest BCUT2D eigenvalue weighted by Crippen LogP contribution is 2.08. The predicted octanol–water partition coefficient (Wildman–Crippen LogP) is -0.992. The number of nitrogens with zero attached hydrogens (tertiary/aromatic N) is 1. The summed E-state index contributed by atoms with van der Waals surface area (Å²) < 4.78 is 5.27. The molecule has 3 N–H and O–H groups in total. The number of ether oxygens (including phenoxy) is 1. The number of aliphatic carboxylic acids is 1. The van der Waals surface area contributed by atoms with Gasteiger partial charge in [0, 0.05) is 33.1 Å². The van der Waals surface area contributed by atoms with Gasteiger partial charge in [-0.1, -0.05) is 0 Å². The molecule has 0 bridgehead atoms. The SMILES string of the molecule is CC(=O)NCCNC(=O)N1CCOC(CC(=O)O)C1. The fourth-order valence-corrected chi connectivity index (χ4v) is 1.74. The Labute approximate surface area is 111 Å². The molecular weight excluding hydrogens is 254 g/mol. The summed E-state index contributed by atoms with van der Waals surface area (Å²) in [5.74, 6) is -1.10. The molecule has 0 aromatic carbocycles. The van der Waals surface area contributed by atoms with Crippen LogP contribution in [0.15, 0.2) is 0 Å². The summed E-state index contributed by atoms with van der Waals surface area (Å²) in [6.07, 6.45) is -0.581. The van der Waals surface area contributed by atoms with Crippen molar-refractivity contribution in [3.8, 4) is 0 Å². The van der Waals surface area contributed by atoms with Crippen molar-refractivity contribution in [3.05, 3.63) is 0 Å². The molecule has 0 aromatic heterocycles. The number of urea groups is 1. The van der Waals surface area contributed by atoms with Gasteiger partial charge in [-0.3, -0.25) is 9.59 Å². The number of hydrogen-bond acceptors (Lipinski definition) is 4. The molecule has 1 aliphatic rings. The molecule has 0 saturated carbocycles. The molecule has 8 nitrogen and oxygen atoms in total. The molecule has 1 aliphatic heterocycles. The average molecular weight is 273 g/mol. The number of carboxylic acid groups (broad SMARTS) is 1. The van der Waals surface area contributed by atoms with E-state index in [1.54, 1.807) is 0 Å². The zero-order chi connectivity index (χ0) is 14.3. The van der Waals surface area contributed by atoms with Crippen LogP contribution >= 0.6 is 0 Å². The van der Waals surface area contributed by atoms with E-state index in [0.717, 1.165) is 0 Å². The van der Waals surface area contributed by atoms with Gasteiger partial charge in [0.1, 0.15) is 0 Å². The first-order valence-electron chi connectivity index (χ1n) is 6.09. The van der Waals surface area contributed by atoms with Gasteiger partial charge in [0.25, 0.3) is 0 Å². The Balaban J connectivity index is 2.27. The van der Waals surface area contributed by atoms with Crippen molar-refractivity contribution in [2.45, 2.75) is 19.4 Å². The van der Waals surface area contributed by atoms with E-state index in [1.165, 1.54) is 11.8 Å². The smallest absolute Gasteiger partial charge is 0.317 e. The van der Waals surface area contributed by atoms with Gasteiger partial charge in [0.2, 0.25) is 5.91 Å². The first-order chi connectivity index (χ1) is 8.99. The summed E-state index contributed by atoms with van der Waals surface area (Å²) in [5, 5.41) is 13.9. The van der Waals surface area contributed by atoms with Crippen molar-refractivity contribution in [3.63, 3.8) is 0 Å². The summed E-state index contributed by atoms with van der Waals surface area (Å²) in [7, 11) is 0. The third-order valence-electron chi connectivity index (χ3n) is 2.60. The van der Waals surface area contributed by atoms with Gasteiger partial charge in [0.05, 0.1) is 19.1 Å². The monoisotopic (exact) mass is 273 g/mol. The van der Waals surface area contributed by atoms with Crippen LogP contribution in [0.3, 0.4) is 0 Å². The minimum Gasteiger partial charge on any atom is -0.481 e. The maximum Gasteiger partial charge on any atom is 0.317 e. The molecule has 0 spiro atoms. The Morgan fingerprint density at radius 3 is 2.63 bits per heavy atom. The van der Waals surface area contributed by atoms with Crippen LogP contribution in [0.4, 0.5) is 4.79 Å². The van der Waals surface area contributed by atoms with Crippen LogP contribution in [0.2, 0.25) is 0 Å². The number of nitrogens with one attached hydrogen (secondary N) is 2. The van der Waals surface area contributed by atoms with Crippen molar-refractivity contribution < 1.29 is 24.2 Å². The minimum absolute atomic E-state index is 0.115. The van der Waals surface area contributed by atoms with Gasteiger partial charge >= 0.3 is 12.0 Å². The van der Waals surface area contributed by atoms with Gasteiger partial charge in [0.15, 0.2) is 0 Å². The van der Waals surface area contributed by atoms with Gasteiger partial charge in [-0.15, -0.1) is 0 Å². The third kappa shape index (κ3) is 6.05. The maximum absolute atomic E-state index is 11.8. The van der Waals surface area contributed by atoms with Crippen LogP contribution in [0.1, 0.15) is 13.3 Å². The lowest BCUT2D eigenvalue weighted by Crippen LogP contribution is -2.51. The Morgan fingerprint density at radius 1 is 1.32 bits per heavy atom. The molecule has 1 rings (SSSR count). The highest BCUT2D eigenvalue weighted by atomic mass is 16.5. The molecule has 1 unspecified atom stereocenters. The van der Waals surface area contributed by atoms with E-state index in [4.69, 9.17) is 9.84 Å². The molecule has 1 fully saturated rings. The molecule has 1 atom stereocenters. The van der Waals surface area contributed by atoms with Crippen molar-refractivity contribution in [2.24, 2.45) is 0 Å². The number of carbonyl (C=O) groups excluding carboxylic acids is 2. The highest BCUT2D eigenvalue weighted by Gasteiger charge is 2.25. The molecule has 8 heteroatoms. The Bertz CT molecular complexity index is 347. The number of carboxylic acids is 1. The standard InChI is InChI=1S/C11H19N3O5/c1-8(15)12-2-3-13-11(18)14-4-5-19-9(7-14)6-10(16)17/h9H,2-7H2,1H3,(H,12,15)(H,13,18)(H,16,17). The van der Waals surface area contributed by atoms with E-state index in [-0.39, 0.29) is 24.9 Å². The fourth-order valence-electron chi connectivity index (χ4n) is 1.74. The Kier molecular flexibility index (Phi) is 6.07. The van der Waals surface area contributed by atoms with E-state index in [9.17, 15) is 14.4 Å². The first kappa shape index (κ1) is 15.2. The number of carbonyl (C=O) groups is 3. The van der Waals surface area contributed by atoms with Crippen molar-refractivity contribution >= 4 is 17.9 Å². The molecule has 19 heavy (non-hydrogen) atoms. The summed E-state index contributed by atoms with van der Waals surface area (Å²) >= 11 is 0. The Morgan fingerprint density at radius 2 is 2.00 bits per heavy atom. The fraction of sp³-hybridized carbons (Fsp3) is 0.727. The number of hydrogen-bond donors (Lipinski definition) is 3. The van der Waals surface area contributed by atoms with Gasteiger partial charge in [-0.05, 0) is 0 Å². The topological polar surface area (TPSA) is 108 Å². The summed E-state index contributed by atoms with van der Waals surface area (Å²) in [5.41, 5.74) is 0. The van der Waals surface area contributed by atoms with E-state index in [1.807, 2.05) is 0 Å². The molecule has 0 aromatic rings. The van der Waals surface area contributed by atoms with Crippen LogP contribution in [-0.2, 0) is 14.3 Å². The third-order valence-corrected chi connectivity index (χ3v) is 2.60. The molecule has 0 aliphatic carbocycles. The highest BCUT2D eigenvalue weighted by molar-refractivity contribution is 5.75. The van der Waals surface area contributed by atoms with Gasteiger partial charge < -0.3 is 25.4 Å². The van der Waals surface area contributed by atoms with Crippen molar-refractivity contribution in [1.29, 1.82) is 0 Å². The van der Waals surface area contributed by atoms with E-state index >= 15 is 0 Å². The largest absolute Gasteiger partial charge is 0.481 e. The molecule has 1 saturated heterocycles. The molecule has 1 heterocycles. The maximum atomic E-state index is 11.8. The molecule has 3 amide bonds. The summed E-state index contributed by atoms with van der Waals surface area (Å²) in [4.78, 5) is 34.5. The summed E-state index contributed by atoms with van der Waals surface area (Å²) in [6, 6.07) is -0.274. The zero-order valence-corrected chi connectivity index (χ0v) is 10.8. The second-order valence-corrected chi connectivity index (χ2v) is 4.25. The number of amides is 3. The van der Waals surface area contributed by atoms with E-state index in [0.29, 0.717) is 26.2 Å². The first-order valence-corrected chi connectivity index (χ1v) is 6.09. The minimum atomic E-state index is -0.946. The normalized spacial score (nSPS) is 18.8. The van der Waals surface area contributed by atoms with E-state index < -0.39 is 12.1 Å². The molecule has 0 radical (unpaired) electrons. The van der Waals surface area contributed by atoms with Gasteiger partial charge in [-0.2, -0.15) is 0 Å². The Hall–Kier alpha value is -1.83. The lowest BCUT2D eigenvalue weighted by atomic mass is 10.2. The van der Waals surface area contributed by atoms with Crippen LogP contribution in [0, 0.1) is 0 Å². The van der Waals surface area contributed by atoms with E-state index in [2.05, 4.69) is 10.6 Å². The lowest BCUT2D eigenvalue weighted by molar-refractivity contribution is -0.141. The quantitative estimate of drug-likeness (QED) is 0.557. The van der Waals surface area contributed by atoms with Crippen molar-refractivity contribution in [1.82, 2.24) is 15.5 Å². The zero-order valence-electron chi connectivity index (χ0n) is 10.8. The van der Waals surface area contributed by atoms with Crippen LogP contribution in [0.5, 0.6) is 0 Å². The van der Waals surface area contributed by atoms with Crippen LogP contribution in [-0.4, -0.2) is 66.8 Å². The molecule has 108 valence electrons. The van der Waals surface area contributed by atoms with Crippen LogP contribution < -0.4 is 10.6 Å². The van der Waals surface area contributed by atoms with Crippen LogP contribution in [0.25, 0.3) is 0 Å². The predicted molar refractivity (Wildman–Crippen MR) is 65.6 cm³/mol. The second-order valence-electron chi connectivity index (χ2n) is 4.25. The second kappa shape index (κ2) is 7.57. The number of rotatable bonds is 5. The lowest BCUT2D eigenvalue weighted by Gasteiger charge is -2.32. The van der Waals surface area contributed by atoms with Gasteiger partial charge in [-0.25, -0.2) is 4.79 Å². The average Bonchev–Trinajstić information content (AvgIpc) is 2.33. The molecular formula is C11H19N3O5. The number of morpholine rings is 1.